The summed E-state index contributed by atoms with van der Waals surface area (Å²) < 4.78 is 81.8. The summed E-state index contributed by atoms with van der Waals surface area (Å²) >= 11 is 6.35. The van der Waals surface area contributed by atoms with Crippen LogP contribution in [0.4, 0.5) is 26.3 Å². The van der Waals surface area contributed by atoms with Crippen LogP contribution < -0.4 is 0 Å². The molecule has 0 radical (unpaired) electrons. The summed E-state index contributed by atoms with van der Waals surface area (Å²) in [6, 6.07) is 10.1. The first-order valence-electron chi connectivity index (χ1n) is 12.2. The van der Waals surface area contributed by atoms with E-state index in [1.165, 1.54) is 29.4 Å². The molecule has 1 aliphatic heterocycles. The number of hydrogen-bond donors (Lipinski definition) is 1. The SMILES string of the molecule is O=C(c1nnn(Cc2cc(C(F)(F)F)cc(C(F)(F)F)c2)c1-c1ccncc1)N1CCC(O)C1c1ccccc1Cl. The number of benzene rings is 2. The molecule has 3 heterocycles. The monoisotopic (exact) mass is 595 g/mol. The number of carbonyl (C=O) groups is 1. The summed E-state index contributed by atoms with van der Waals surface area (Å²) in [5, 5.41) is 19.0. The van der Waals surface area contributed by atoms with E-state index in [-0.39, 0.29) is 36.0 Å². The van der Waals surface area contributed by atoms with Crippen LogP contribution in [-0.4, -0.2) is 48.5 Å². The molecular formula is C27H20ClF6N5O2. The maximum atomic E-state index is 13.9. The molecule has 2 unspecified atom stereocenters. The van der Waals surface area contributed by atoms with Crippen LogP contribution in [0.1, 0.15) is 45.2 Å². The van der Waals surface area contributed by atoms with Crippen LogP contribution in [0, 0.1) is 0 Å². The van der Waals surface area contributed by atoms with Gasteiger partial charge in [-0.2, -0.15) is 26.3 Å². The zero-order valence-electron chi connectivity index (χ0n) is 20.9. The molecule has 2 aromatic carbocycles. The quantitative estimate of drug-likeness (QED) is 0.285. The van der Waals surface area contributed by atoms with Crippen molar-refractivity contribution in [2.24, 2.45) is 0 Å². The van der Waals surface area contributed by atoms with Crippen LogP contribution in [0.25, 0.3) is 11.3 Å². The number of pyridine rings is 1. The van der Waals surface area contributed by atoms with Crippen LogP contribution in [0.3, 0.4) is 0 Å². The van der Waals surface area contributed by atoms with E-state index in [2.05, 4.69) is 15.3 Å². The van der Waals surface area contributed by atoms with Crippen molar-refractivity contribution in [3.63, 3.8) is 0 Å². The van der Waals surface area contributed by atoms with Crippen LogP contribution in [0.2, 0.25) is 5.02 Å². The Hall–Kier alpha value is -3.97. The molecule has 1 saturated heterocycles. The van der Waals surface area contributed by atoms with Gasteiger partial charge < -0.3 is 10.0 Å². The molecule has 0 aliphatic carbocycles. The van der Waals surface area contributed by atoms with E-state index in [4.69, 9.17) is 11.6 Å². The Morgan fingerprint density at radius 1 is 0.976 bits per heavy atom. The highest BCUT2D eigenvalue weighted by Crippen LogP contribution is 2.39. The number of amides is 1. The van der Waals surface area contributed by atoms with Crippen molar-refractivity contribution in [2.45, 2.75) is 37.5 Å². The summed E-state index contributed by atoms with van der Waals surface area (Å²) in [4.78, 5) is 19.2. The van der Waals surface area contributed by atoms with Crippen LogP contribution in [-0.2, 0) is 18.9 Å². The van der Waals surface area contributed by atoms with Gasteiger partial charge in [-0.3, -0.25) is 9.78 Å². The molecule has 2 aromatic heterocycles. The predicted octanol–water partition coefficient (Wildman–Crippen LogP) is 6.03. The van der Waals surface area contributed by atoms with E-state index in [0.29, 0.717) is 28.3 Å². The number of rotatable bonds is 5. The average molecular weight is 596 g/mol. The highest BCUT2D eigenvalue weighted by Gasteiger charge is 2.41. The lowest BCUT2D eigenvalue weighted by molar-refractivity contribution is -0.143. The van der Waals surface area contributed by atoms with Gasteiger partial charge in [-0.15, -0.1) is 5.10 Å². The first kappa shape index (κ1) is 28.6. The van der Waals surface area contributed by atoms with E-state index in [0.717, 1.165) is 4.68 Å². The van der Waals surface area contributed by atoms with Crippen molar-refractivity contribution in [2.75, 3.05) is 6.54 Å². The maximum absolute atomic E-state index is 13.9. The first-order valence-corrected chi connectivity index (χ1v) is 12.6. The molecule has 1 fully saturated rings. The zero-order chi connectivity index (χ0) is 29.5. The van der Waals surface area contributed by atoms with Gasteiger partial charge in [0.05, 0.1) is 29.8 Å². The fourth-order valence-corrected chi connectivity index (χ4v) is 5.12. The fraction of sp³-hybridized carbons (Fsp3) is 0.259. The molecular weight excluding hydrogens is 576 g/mol. The third-order valence-corrected chi connectivity index (χ3v) is 7.07. The highest BCUT2D eigenvalue weighted by atomic mass is 35.5. The van der Waals surface area contributed by atoms with Gasteiger partial charge in [0.1, 0.15) is 5.69 Å². The van der Waals surface area contributed by atoms with Crippen molar-refractivity contribution in [1.82, 2.24) is 24.9 Å². The number of aromatic nitrogens is 4. The Kier molecular flexibility index (Phi) is 7.51. The summed E-state index contributed by atoms with van der Waals surface area (Å²) in [5.74, 6) is -0.649. The second kappa shape index (κ2) is 10.8. The molecule has 2 atom stereocenters. The topological polar surface area (TPSA) is 84.1 Å². The summed E-state index contributed by atoms with van der Waals surface area (Å²) in [6.07, 6.45) is -7.96. The molecule has 0 spiro atoms. The highest BCUT2D eigenvalue weighted by molar-refractivity contribution is 6.31. The lowest BCUT2D eigenvalue weighted by Gasteiger charge is -2.27. The molecule has 4 aromatic rings. The molecule has 1 aliphatic rings. The number of halogens is 7. The summed E-state index contributed by atoms with van der Waals surface area (Å²) in [5.41, 5.74) is -2.58. The van der Waals surface area contributed by atoms with Gasteiger partial charge in [-0.05, 0) is 53.9 Å². The van der Waals surface area contributed by atoms with Gasteiger partial charge in [0.25, 0.3) is 5.91 Å². The van der Waals surface area contributed by atoms with Crippen LogP contribution in [0.15, 0.2) is 67.0 Å². The predicted molar refractivity (Wildman–Crippen MR) is 135 cm³/mol. The second-order valence-corrected chi connectivity index (χ2v) is 9.82. The molecule has 7 nitrogen and oxygen atoms in total. The standard InChI is InChI=1S/C27H20ClF6N5O2/c28-20-4-2-1-3-19(20)24-21(40)7-10-38(24)25(41)22-23(16-5-8-35-9-6-16)39(37-36-22)14-15-11-17(26(29,30)31)13-18(12-15)27(32,33)34/h1-6,8-9,11-13,21,24,40H,7,10,14H2. The number of hydrogen-bond acceptors (Lipinski definition) is 5. The van der Waals surface area contributed by atoms with Crippen molar-refractivity contribution >= 4 is 17.5 Å². The number of aliphatic hydroxyl groups excluding tert-OH is 1. The van der Waals surface area contributed by atoms with Crippen LogP contribution in [0.5, 0.6) is 0 Å². The minimum absolute atomic E-state index is 0.0388. The third-order valence-electron chi connectivity index (χ3n) is 6.72. The van der Waals surface area contributed by atoms with Crippen LogP contribution >= 0.6 is 11.6 Å². The first-order chi connectivity index (χ1) is 19.3. The third kappa shape index (κ3) is 5.77. The number of alkyl halides is 6. The largest absolute Gasteiger partial charge is 0.416 e. The maximum Gasteiger partial charge on any atom is 0.416 e. The van der Waals surface area contributed by atoms with Gasteiger partial charge in [-0.1, -0.05) is 35.0 Å². The average Bonchev–Trinajstić information content (AvgIpc) is 3.51. The Morgan fingerprint density at radius 2 is 1.61 bits per heavy atom. The Labute approximate surface area is 234 Å². The molecule has 0 bridgehead atoms. The Balaban J connectivity index is 1.59. The Morgan fingerprint density at radius 3 is 2.22 bits per heavy atom. The number of likely N-dealkylation sites (tertiary alicyclic amines) is 1. The van der Waals surface area contributed by atoms with Crippen molar-refractivity contribution in [1.29, 1.82) is 0 Å². The Bertz CT molecular complexity index is 1540. The normalized spacial score (nSPS) is 17.7. The fourth-order valence-electron chi connectivity index (χ4n) is 4.88. The second-order valence-electron chi connectivity index (χ2n) is 9.42. The van der Waals surface area contributed by atoms with Gasteiger partial charge in [0.15, 0.2) is 5.69 Å². The molecule has 1 N–H and O–H groups in total. The number of carbonyl (C=O) groups excluding carboxylic acids is 1. The summed E-state index contributed by atoms with van der Waals surface area (Å²) in [6.45, 7) is -0.414. The van der Waals surface area contributed by atoms with E-state index < -0.39 is 48.1 Å². The molecule has 41 heavy (non-hydrogen) atoms. The van der Waals surface area contributed by atoms with E-state index in [1.54, 1.807) is 24.3 Å². The minimum Gasteiger partial charge on any atom is -0.391 e. The molecule has 14 heteroatoms. The minimum atomic E-state index is -5.03. The van der Waals surface area contributed by atoms with Gasteiger partial charge in [0.2, 0.25) is 0 Å². The smallest absolute Gasteiger partial charge is 0.391 e. The van der Waals surface area contributed by atoms with E-state index >= 15 is 0 Å². The van der Waals surface area contributed by atoms with Crippen molar-refractivity contribution < 1.29 is 36.2 Å². The van der Waals surface area contributed by atoms with E-state index in [9.17, 15) is 36.2 Å². The number of nitrogens with zero attached hydrogens (tertiary/aromatic N) is 5. The lowest BCUT2D eigenvalue weighted by atomic mass is 10.0. The zero-order valence-corrected chi connectivity index (χ0v) is 21.6. The molecule has 0 saturated carbocycles. The lowest BCUT2D eigenvalue weighted by Crippen LogP contribution is -2.34. The number of aliphatic hydroxyl groups is 1. The van der Waals surface area contributed by atoms with Gasteiger partial charge >= 0.3 is 12.4 Å². The summed E-state index contributed by atoms with van der Waals surface area (Å²) in [7, 11) is 0. The van der Waals surface area contributed by atoms with Gasteiger partial charge in [-0.25, -0.2) is 4.68 Å². The van der Waals surface area contributed by atoms with Gasteiger partial charge in [0, 0.05) is 29.5 Å². The molecule has 214 valence electrons. The van der Waals surface area contributed by atoms with Crippen molar-refractivity contribution in [3.8, 4) is 11.3 Å². The molecule has 5 rings (SSSR count). The van der Waals surface area contributed by atoms with Crippen molar-refractivity contribution in [3.05, 3.63) is 100.0 Å². The van der Waals surface area contributed by atoms with E-state index in [1.807, 2.05) is 0 Å². The molecule has 1 amide bonds.